The lowest BCUT2D eigenvalue weighted by Gasteiger charge is -2.26. The van der Waals surface area contributed by atoms with Crippen molar-refractivity contribution < 1.29 is 17.0 Å². The Balaban J connectivity index is 2.04. The molecule has 1 fully saturated rings. The lowest BCUT2D eigenvalue weighted by molar-refractivity contribution is 0.0278. The van der Waals surface area contributed by atoms with Gasteiger partial charge in [0.05, 0.1) is 12.7 Å². The maximum absolute atomic E-state index is 11.8. The van der Waals surface area contributed by atoms with Crippen molar-refractivity contribution in [1.29, 1.82) is 0 Å². The summed E-state index contributed by atoms with van der Waals surface area (Å²) in [5.41, 5.74) is 0. The van der Waals surface area contributed by atoms with Gasteiger partial charge in [-0.25, -0.2) is 0 Å². The molecule has 1 aliphatic rings. The maximum Gasteiger partial charge on any atom is 0.304 e. The number of hydrogen-bond acceptors (Lipinski definition) is 4. The second kappa shape index (κ2) is 3.46. The van der Waals surface area contributed by atoms with Gasteiger partial charge < -0.3 is 10.1 Å². The minimum Gasteiger partial charge on any atom is -0.374 e. The van der Waals surface area contributed by atoms with E-state index in [0.29, 0.717) is 0 Å². The van der Waals surface area contributed by atoms with Gasteiger partial charge in [-0.3, -0.25) is 0 Å². The highest BCUT2D eigenvalue weighted by Crippen LogP contribution is 1.99. The van der Waals surface area contributed by atoms with Gasteiger partial charge in [-0.2, -0.15) is 8.42 Å². The maximum atomic E-state index is 11.8. The number of ether oxygens (including phenoxy) is 1. The smallest absolute Gasteiger partial charge is 0.304 e. The van der Waals surface area contributed by atoms with E-state index in [1.54, 1.807) is 0 Å². The quantitative estimate of drug-likeness (QED) is 0.584. The molecule has 1 heterocycles. The Morgan fingerprint density at radius 3 is 2.55 bits per heavy atom. The van der Waals surface area contributed by atoms with Crippen LogP contribution in [0.25, 0.3) is 0 Å². The number of nitrogens with one attached hydrogen (secondary N) is 1. The highest BCUT2D eigenvalue weighted by Gasteiger charge is 2.17. The summed E-state index contributed by atoms with van der Waals surface area (Å²) in [6, 6.07) is 0. The molecule has 1 N–H and O–H groups in total. The molecule has 4 nitrogen and oxygen atoms in total. The minimum atomic E-state index is -4.35. The van der Waals surface area contributed by atoms with Crippen LogP contribution in [0.5, 0.6) is 0 Å². The molecule has 0 unspecified atom stereocenters. The second-order valence-electron chi connectivity index (χ2n) is 2.39. The second-order valence-corrected chi connectivity index (χ2v) is 3.88. The van der Waals surface area contributed by atoms with Crippen LogP contribution < -0.4 is 5.32 Å². The predicted molar refractivity (Wildman–Crippen MR) is 37.5 cm³/mol. The zero-order valence-electron chi connectivity index (χ0n) is 5.92. The first kappa shape index (κ1) is 8.89. The molecular weight excluding hydrogens is 173 g/mol. The van der Waals surface area contributed by atoms with Gasteiger partial charge in [-0.05, 0) is 0 Å². The average molecular weight is 183 g/mol. The lowest BCUT2D eigenvalue weighted by Crippen LogP contribution is -2.48. The van der Waals surface area contributed by atoms with Crippen LogP contribution in [-0.4, -0.2) is 40.0 Å². The third-order valence-corrected chi connectivity index (χ3v) is 2.08. The number of halogens is 1. The van der Waals surface area contributed by atoms with Crippen LogP contribution >= 0.6 is 0 Å². The molecule has 1 saturated heterocycles. The normalized spacial score (nSPS) is 19.7. The van der Waals surface area contributed by atoms with Gasteiger partial charge in [-0.1, -0.05) is 0 Å². The monoisotopic (exact) mass is 183 g/mol. The molecule has 0 radical (unpaired) electrons. The molecule has 1 rings (SSSR count). The molecule has 6 heteroatoms. The van der Waals surface area contributed by atoms with Gasteiger partial charge in [0.2, 0.25) is 0 Å². The highest BCUT2D eigenvalue weighted by atomic mass is 32.3. The van der Waals surface area contributed by atoms with Gasteiger partial charge in [-0.15, -0.1) is 3.89 Å². The summed E-state index contributed by atoms with van der Waals surface area (Å²) in [5.74, 6) is -0.538. The third kappa shape index (κ3) is 3.64. The van der Waals surface area contributed by atoms with Gasteiger partial charge in [0, 0.05) is 13.1 Å². The Labute approximate surface area is 64.9 Å². The van der Waals surface area contributed by atoms with Gasteiger partial charge >= 0.3 is 10.2 Å². The van der Waals surface area contributed by atoms with E-state index in [2.05, 4.69) is 5.32 Å². The van der Waals surface area contributed by atoms with Crippen molar-refractivity contribution in [2.24, 2.45) is 0 Å². The largest absolute Gasteiger partial charge is 0.374 e. The minimum absolute atomic E-state index is 0.0504. The fourth-order valence-corrected chi connectivity index (χ4v) is 0.990. The Morgan fingerprint density at radius 2 is 2.18 bits per heavy atom. The fourth-order valence-electron chi connectivity index (χ4n) is 0.694. The molecule has 11 heavy (non-hydrogen) atoms. The molecule has 1 aliphatic heterocycles. The van der Waals surface area contributed by atoms with Crippen LogP contribution in [0.2, 0.25) is 0 Å². The number of rotatable bonds is 4. The van der Waals surface area contributed by atoms with E-state index >= 15 is 0 Å². The van der Waals surface area contributed by atoms with Crippen LogP contribution in [-0.2, 0) is 15.0 Å². The molecule has 0 bridgehead atoms. The molecule has 0 aliphatic carbocycles. The van der Waals surface area contributed by atoms with Crippen LogP contribution in [0.4, 0.5) is 3.89 Å². The van der Waals surface area contributed by atoms with E-state index < -0.39 is 16.0 Å². The Hall–Kier alpha value is -0.200. The summed E-state index contributed by atoms with van der Waals surface area (Å²) in [7, 11) is -4.35. The summed E-state index contributed by atoms with van der Waals surface area (Å²) in [5, 5.41) is 2.94. The van der Waals surface area contributed by atoms with Crippen LogP contribution in [0.3, 0.4) is 0 Å². The van der Waals surface area contributed by atoms with Crippen molar-refractivity contribution in [3.05, 3.63) is 0 Å². The highest BCUT2D eigenvalue weighted by molar-refractivity contribution is 7.86. The average Bonchev–Trinajstić information content (AvgIpc) is 1.73. The molecule has 0 atom stereocenters. The molecule has 0 aromatic rings. The Bertz CT molecular complexity index is 212. The zero-order valence-corrected chi connectivity index (χ0v) is 6.73. The first-order valence-electron chi connectivity index (χ1n) is 3.32. The van der Waals surface area contributed by atoms with E-state index in [0.717, 1.165) is 13.1 Å². The van der Waals surface area contributed by atoms with Crippen LogP contribution in [0, 0.1) is 0 Å². The van der Waals surface area contributed by atoms with E-state index in [1.165, 1.54) is 0 Å². The summed E-state index contributed by atoms with van der Waals surface area (Å²) in [6.07, 6.45) is 0.0664. The first-order valence-corrected chi connectivity index (χ1v) is 4.88. The fraction of sp³-hybridized carbons (Fsp3) is 1.00. The van der Waals surface area contributed by atoms with Gasteiger partial charge in [0.1, 0.15) is 5.75 Å². The molecular formula is C5H10FNO3S. The van der Waals surface area contributed by atoms with Crippen molar-refractivity contribution in [3.8, 4) is 0 Å². The molecule has 0 amide bonds. The van der Waals surface area contributed by atoms with E-state index in [-0.39, 0.29) is 12.7 Å². The Kier molecular flexibility index (Phi) is 2.80. The molecule has 66 valence electrons. The van der Waals surface area contributed by atoms with Crippen molar-refractivity contribution in [1.82, 2.24) is 5.32 Å². The SMILES string of the molecule is O=S(=O)(F)CCOC1CNC1. The zero-order chi connectivity index (χ0) is 8.32. The summed E-state index contributed by atoms with van der Waals surface area (Å²) < 4.78 is 36.7. The van der Waals surface area contributed by atoms with Crippen molar-refractivity contribution in [2.75, 3.05) is 25.4 Å². The third-order valence-electron chi connectivity index (χ3n) is 1.42. The lowest BCUT2D eigenvalue weighted by atomic mass is 10.2. The molecule has 0 saturated carbocycles. The van der Waals surface area contributed by atoms with E-state index in [9.17, 15) is 12.3 Å². The van der Waals surface area contributed by atoms with Crippen molar-refractivity contribution >= 4 is 10.2 Å². The van der Waals surface area contributed by atoms with Crippen molar-refractivity contribution in [2.45, 2.75) is 6.10 Å². The standard InChI is InChI=1S/C5H10FNO3S/c6-11(8,9)2-1-10-5-3-7-4-5/h5,7H,1-4H2. The Morgan fingerprint density at radius 1 is 1.55 bits per heavy atom. The predicted octanol–water partition coefficient (Wildman–Crippen LogP) is -0.726. The molecule has 0 spiro atoms. The van der Waals surface area contributed by atoms with Crippen LogP contribution in [0.15, 0.2) is 0 Å². The first-order chi connectivity index (χ1) is 5.08. The van der Waals surface area contributed by atoms with Gasteiger partial charge in [0.25, 0.3) is 0 Å². The van der Waals surface area contributed by atoms with E-state index in [1.807, 2.05) is 0 Å². The van der Waals surface area contributed by atoms with E-state index in [4.69, 9.17) is 4.74 Å². The summed E-state index contributed by atoms with van der Waals surface area (Å²) in [4.78, 5) is 0. The van der Waals surface area contributed by atoms with Crippen molar-refractivity contribution in [3.63, 3.8) is 0 Å². The van der Waals surface area contributed by atoms with Crippen LogP contribution in [0.1, 0.15) is 0 Å². The molecule has 0 aromatic heterocycles. The van der Waals surface area contributed by atoms with Gasteiger partial charge in [0.15, 0.2) is 0 Å². The summed E-state index contributed by atoms with van der Waals surface area (Å²) in [6.45, 7) is 1.41. The summed E-state index contributed by atoms with van der Waals surface area (Å²) >= 11 is 0. The number of hydrogen-bond donors (Lipinski definition) is 1. The topological polar surface area (TPSA) is 55.4 Å². The molecule has 0 aromatic carbocycles.